The minimum atomic E-state index is -3.76. The minimum absolute atomic E-state index is 0.227. The standard InChI is InChI=1S/C27H34N4O3S/c1-5-34-27-11-9-22(15-30-27)19(4)21-7-6-20-8-10-25(14-23(20)13-21)35(32,33)31-26-17-28-24(16-29-26)12-18(2)3/h8-11,14-19,21H,5-7,12-13H2,1-4H3,(H,29,31)/t19-,21?/m0/s1. The highest BCUT2D eigenvalue weighted by Gasteiger charge is 2.26. The molecule has 8 heteroatoms. The summed E-state index contributed by atoms with van der Waals surface area (Å²) < 4.78 is 34.2. The van der Waals surface area contributed by atoms with Crippen molar-refractivity contribution in [2.24, 2.45) is 11.8 Å². The summed E-state index contributed by atoms with van der Waals surface area (Å²) in [5.41, 5.74) is 4.33. The molecule has 0 fully saturated rings. The van der Waals surface area contributed by atoms with E-state index in [9.17, 15) is 8.42 Å². The third-order valence-corrected chi connectivity index (χ3v) is 7.95. The predicted octanol–water partition coefficient (Wildman–Crippen LogP) is 5.18. The average Bonchev–Trinajstić information content (AvgIpc) is 2.84. The maximum absolute atomic E-state index is 13.1. The molecule has 35 heavy (non-hydrogen) atoms. The van der Waals surface area contributed by atoms with Crippen LogP contribution in [0.2, 0.25) is 0 Å². The number of fused-ring (bicyclic) bond motifs is 1. The van der Waals surface area contributed by atoms with E-state index in [0.29, 0.717) is 30.2 Å². The molecule has 1 aromatic carbocycles. The van der Waals surface area contributed by atoms with E-state index in [-0.39, 0.29) is 10.7 Å². The smallest absolute Gasteiger partial charge is 0.263 e. The number of ether oxygens (including phenoxy) is 1. The highest BCUT2D eigenvalue weighted by molar-refractivity contribution is 7.92. The molecule has 0 amide bonds. The molecule has 2 aromatic heterocycles. The second-order valence-electron chi connectivity index (χ2n) is 9.68. The Labute approximate surface area is 208 Å². The molecule has 0 saturated carbocycles. The first-order valence-corrected chi connectivity index (χ1v) is 13.8. The normalized spacial score (nSPS) is 16.5. The van der Waals surface area contributed by atoms with Gasteiger partial charge in [0.15, 0.2) is 5.82 Å². The molecule has 1 N–H and O–H groups in total. The van der Waals surface area contributed by atoms with Crippen LogP contribution in [0.4, 0.5) is 5.82 Å². The van der Waals surface area contributed by atoms with Gasteiger partial charge < -0.3 is 4.74 Å². The lowest BCUT2D eigenvalue weighted by atomic mass is 9.75. The third-order valence-electron chi connectivity index (χ3n) is 6.60. The summed E-state index contributed by atoms with van der Waals surface area (Å²) in [5.74, 6) is 2.04. The van der Waals surface area contributed by atoms with E-state index in [1.165, 1.54) is 17.3 Å². The molecule has 7 nitrogen and oxygen atoms in total. The second kappa shape index (κ2) is 10.7. The number of nitrogens with one attached hydrogen (secondary N) is 1. The maximum atomic E-state index is 13.1. The van der Waals surface area contributed by atoms with Crippen LogP contribution in [0.3, 0.4) is 0 Å². The highest BCUT2D eigenvalue weighted by atomic mass is 32.2. The van der Waals surface area contributed by atoms with Gasteiger partial charge in [-0.05, 0) is 79.2 Å². The molecule has 0 spiro atoms. The summed E-state index contributed by atoms with van der Waals surface area (Å²) in [7, 11) is -3.76. The Kier molecular flexibility index (Phi) is 7.69. The molecular formula is C27H34N4O3S. The first-order chi connectivity index (χ1) is 16.7. The summed E-state index contributed by atoms with van der Waals surface area (Å²) in [6.45, 7) is 8.97. The summed E-state index contributed by atoms with van der Waals surface area (Å²) in [6.07, 6.45) is 8.63. The van der Waals surface area contributed by atoms with Crippen LogP contribution in [0.1, 0.15) is 62.4 Å². The molecule has 4 rings (SSSR count). The molecule has 0 saturated heterocycles. The number of pyridine rings is 1. The molecular weight excluding hydrogens is 460 g/mol. The minimum Gasteiger partial charge on any atom is -0.478 e. The van der Waals surface area contributed by atoms with Crippen molar-refractivity contribution in [3.05, 3.63) is 71.3 Å². The Balaban J connectivity index is 1.47. The monoisotopic (exact) mass is 494 g/mol. The third kappa shape index (κ3) is 6.17. The van der Waals surface area contributed by atoms with Crippen LogP contribution in [0.15, 0.2) is 53.8 Å². The molecule has 1 aliphatic carbocycles. The van der Waals surface area contributed by atoms with E-state index in [0.717, 1.165) is 36.9 Å². The predicted molar refractivity (Wildman–Crippen MR) is 137 cm³/mol. The fourth-order valence-corrected chi connectivity index (χ4v) is 5.69. The van der Waals surface area contributed by atoms with Gasteiger partial charge in [-0.25, -0.2) is 18.4 Å². The van der Waals surface area contributed by atoms with Gasteiger partial charge in [-0.15, -0.1) is 0 Å². The molecule has 0 radical (unpaired) electrons. The van der Waals surface area contributed by atoms with Gasteiger partial charge >= 0.3 is 0 Å². The SMILES string of the molecule is CCOc1ccc([C@@H](C)C2CCc3ccc(S(=O)(=O)Nc4cnc(CC(C)C)cn4)cc3C2)cn1. The fraction of sp³-hybridized carbons (Fsp3) is 0.444. The Morgan fingerprint density at radius 1 is 1.03 bits per heavy atom. The quantitative estimate of drug-likeness (QED) is 0.441. The number of hydrogen-bond acceptors (Lipinski definition) is 6. The summed E-state index contributed by atoms with van der Waals surface area (Å²) >= 11 is 0. The van der Waals surface area contributed by atoms with E-state index in [1.54, 1.807) is 12.3 Å². The fourth-order valence-electron chi connectivity index (χ4n) is 4.65. The van der Waals surface area contributed by atoms with Gasteiger partial charge in [-0.2, -0.15) is 0 Å². The van der Waals surface area contributed by atoms with Crippen molar-refractivity contribution in [3.63, 3.8) is 0 Å². The lowest BCUT2D eigenvalue weighted by Gasteiger charge is -2.30. The zero-order chi connectivity index (χ0) is 25.0. The second-order valence-corrected chi connectivity index (χ2v) is 11.4. The lowest BCUT2D eigenvalue weighted by Crippen LogP contribution is -2.21. The molecule has 0 bridgehead atoms. The summed E-state index contributed by atoms with van der Waals surface area (Å²) in [5, 5.41) is 0. The van der Waals surface area contributed by atoms with Crippen molar-refractivity contribution in [1.29, 1.82) is 0 Å². The van der Waals surface area contributed by atoms with Gasteiger partial charge in [0.2, 0.25) is 5.88 Å². The molecule has 1 aliphatic rings. The Morgan fingerprint density at radius 2 is 1.86 bits per heavy atom. The summed E-state index contributed by atoms with van der Waals surface area (Å²) in [6, 6.07) is 9.44. The number of aryl methyl sites for hydroxylation is 1. The van der Waals surface area contributed by atoms with Crippen LogP contribution in [-0.4, -0.2) is 30.0 Å². The largest absolute Gasteiger partial charge is 0.478 e. The zero-order valence-corrected chi connectivity index (χ0v) is 21.7. The van der Waals surface area contributed by atoms with Crippen LogP contribution >= 0.6 is 0 Å². The van der Waals surface area contributed by atoms with Crippen LogP contribution in [0.5, 0.6) is 5.88 Å². The average molecular weight is 495 g/mol. The van der Waals surface area contributed by atoms with E-state index < -0.39 is 10.0 Å². The number of nitrogens with zero attached hydrogens (tertiary/aromatic N) is 3. The van der Waals surface area contributed by atoms with Crippen molar-refractivity contribution in [1.82, 2.24) is 15.0 Å². The number of hydrogen-bond donors (Lipinski definition) is 1. The number of benzene rings is 1. The lowest BCUT2D eigenvalue weighted by molar-refractivity contribution is 0.326. The number of sulfonamides is 1. The van der Waals surface area contributed by atoms with E-state index in [2.05, 4.69) is 46.5 Å². The van der Waals surface area contributed by atoms with Crippen molar-refractivity contribution in [2.45, 2.75) is 64.2 Å². The van der Waals surface area contributed by atoms with Gasteiger partial charge in [0.1, 0.15) is 0 Å². The maximum Gasteiger partial charge on any atom is 0.263 e. The van der Waals surface area contributed by atoms with Crippen LogP contribution in [0, 0.1) is 11.8 Å². The molecule has 2 atom stereocenters. The Hall–Kier alpha value is -3.00. The van der Waals surface area contributed by atoms with Crippen molar-refractivity contribution in [3.8, 4) is 5.88 Å². The number of aromatic nitrogens is 3. The highest BCUT2D eigenvalue weighted by Crippen LogP contribution is 2.36. The van der Waals surface area contributed by atoms with E-state index in [4.69, 9.17) is 4.74 Å². The summed E-state index contributed by atoms with van der Waals surface area (Å²) in [4.78, 5) is 13.3. The van der Waals surface area contributed by atoms with Crippen LogP contribution in [-0.2, 0) is 29.3 Å². The first kappa shape index (κ1) is 25.1. The zero-order valence-electron chi connectivity index (χ0n) is 20.9. The van der Waals surface area contributed by atoms with Gasteiger partial charge in [-0.3, -0.25) is 9.71 Å². The molecule has 0 aliphatic heterocycles. The molecule has 186 valence electrons. The Bertz CT molecular complexity index is 1240. The van der Waals surface area contributed by atoms with Gasteiger partial charge in [0.05, 0.1) is 29.6 Å². The van der Waals surface area contributed by atoms with Gasteiger partial charge in [0.25, 0.3) is 10.0 Å². The van der Waals surface area contributed by atoms with Crippen molar-refractivity contribution < 1.29 is 13.2 Å². The number of anilines is 1. The van der Waals surface area contributed by atoms with E-state index >= 15 is 0 Å². The van der Waals surface area contributed by atoms with Crippen molar-refractivity contribution >= 4 is 15.8 Å². The van der Waals surface area contributed by atoms with Crippen LogP contribution < -0.4 is 9.46 Å². The van der Waals surface area contributed by atoms with Gasteiger partial charge in [0, 0.05) is 12.3 Å². The molecule has 1 unspecified atom stereocenters. The van der Waals surface area contributed by atoms with Crippen LogP contribution in [0.25, 0.3) is 0 Å². The number of rotatable bonds is 9. The molecule has 3 aromatic rings. The van der Waals surface area contributed by atoms with Crippen molar-refractivity contribution in [2.75, 3.05) is 11.3 Å². The topological polar surface area (TPSA) is 94.1 Å². The van der Waals surface area contributed by atoms with E-state index in [1.807, 2.05) is 31.3 Å². The first-order valence-electron chi connectivity index (χ1n) is 12.3. The van der Waals surface area contributed by atoms with Gasteiger partial charge in [-0.1, -0.05) is 32.9 Å². The Morgan fingerprint density at radius 3 is 2.51 bits per heavy atom. The molecule has 2 heterocycles.